The lowest BCUT2D eigenvalue weighted by atomic mass is 9.98. The number of ether oxygens (including phenoxy) is 2. The average Bonchev–Trinajstić information content (AvgIpc) is 3.14. The van der Waals surface area contributed by atoms with E-state index in [-0.39, 0.29) is 16.8 Å². The molecule has 32 heavy (non-hydrogen) atoms. The Bertz CT molecular complexity index is 1070. The van der Waals surface area contributed by atoms with Gasteiger partial charge < -0.3 is 19.5 Å². The van der Waals surface area contributed by atoms with Gasteiger partial charge in [0.25, 0.3) is 0 Å². The van der Waals surface area contributed by atoms with E-state index in [0.29, 0.717) is 43.5 Å². The van der Waals surface area contributed by atoms with Crippen LogP contribution in [-0.4, -0.2) is 40.8 Å². The Morgan fingerprint density at radius 1 is 1.06 bits per heavy atom. The normalized spacial score (nSPS) is 14.3. The van der Waals surface area contributed by atoms with Gasteiger partial charge in [-0.15, -0.1) is 0 Å². The third-order valence-corrected chi connectivity index (χ3v) is 6.42. The summed E-state index contributed by atoms with van der Waals surface area (Å²) in [6.07, 6.45) is 1.99. The van der Waals surface area contributed by atoms with Crippen molar-refractivity contribution >= 4 is 17.4 Å². The first-order valence-electron chi connectivity index (χ1n) is 10.6. The molecule has 168 valence electrons. The van der Waals surface area contributed by atoms with Crippen LogP contribution in [0.5, 0.6) is 11.6 Å². The highest BCUT2D eigenvalue weighted by Crippen LogP contribution is 2.23. The number of nitrogens with zero attached hydrogens (tertiary/aromatic N) is 1. The molecule has 0 spiro atoms. The summed E-state index contributed by atoms with van der Waals surface area (Å²) in [4.78, 5) is 28.1. The molecule has 1 saturated heterocycles. The molecule has 1 aromatic heterocycles. The van der Waals surface area contributed by atoms with Gasteiger partial charge in [0, 0.05) is 19.5 Å². The van der Waals surface area contributed by atoms with Crippen molar-refractivity contribution in [2.45, 2.75) is 25.9 Å². The molecule has 7 nitrogen and oxygen atoms in total. The third-order valence-electron chi connectivity index (χ3n) is 5.55. The highest BCUT2D eigenvalue weighted by atomic mass is 32.1. The number of hydrogen-bond acceptors (Lipinski definition) is 6. The van der Waals surface area contributed by atoms with Crippen molar-refractivity contribution in [3.05, 3.63) is 80.3 Å². The first-order valence-corrected chi connectivity index (χ1v) is 11.5. The van der Waals surface area contributed by atoms with E-state index in [1.165, 1.54) is 0 Å². The van der Waals surface area contributed by atoms with Crippen molar-refractivity contribution in [1.29, 1.82) is 0 Å². The lowest BCUT2D eigenvalue weighted by Gasteiger charge is -2.31. The number of rotatable bonds is 7. The van der Waals surface area contributed by atoms with Crippen molar-refractivity contribution in [3.63, 3.8) is 0 Å². The molecule has 1 aliphatic rings. The molecule has 0 atom stereocenters. The fraction of sp³-hybridized carbons (Fsp3) is 0.333. The molecular weight excluding hydrogens is 428 g/mol. The zero-order valence-corrected chi connectivity index (χ0v) is 18.5. The maximum atomic E-state index is 12.3. The number of piperidine rings is 1. The number of thiazole rings is 1. The van der Waals surface area contributed by atoms with Crippen LogP contribution in [-0.2, 0) is 17.8 Å². The number of aromatic amines is 1. The molecule has 1 aliphatic heterocycles. The van der Waals surface area contributed by atoms with Gasteiger partial charge in [0.15, 0.2) is 0 Å². The summed E-state index contributed by atoms with van der Waals surface area (Å²) in [5.74, 6) is 1.11. The lowest BCUT2D eigenvalue weighted by molar-refractivity contribution is 0.0761. The van der Waals surface area contributed by atoms with Crippen LogP contribution in [0.1, 0.15) is 28.8 Å². The van der Waals surface area contributed by atoms with Crippen LogP contribution in [0.15, 0.2) is 59.4 Å². The Hall–Kier alpha value is -3.26. The molecule has 4 rings (SSSR count). The van der Waals surface area contributed by atoms with Crippen molar-refractivity contribution in [2.75, 3.05) is 19.7 Å². The smallest absolute Gasteiger partial charge is 0.410 e. The van der Waals surface area contributed by atoms with Gasteiger partial charge in [-0.3, -0.25) is 9.78 Å². The molecule has 1 fully saturated rings. The predicted molar refractivity (Wildman–Crippen MR) is 122 cm³/mol. The van der Waals surface area contributed by atoms with E-state index in [9.17, 15) is 14.7 Å². The highest BCUT2D eigenvalue weighted by Gasteiger charge is 2.24. The van der Waals surface area contributed by atoms with Crippen LogP contribution in [0.3, 0.4) is 0 Å². The fourth-order valence-electron chi connectivity index (χ4n) is 3.67. The summed E-state index contributed by atoms with van der Waals surface area (Å²) in [5, 5.41) is 9.71. The topological polar surface area (TPSA) is 91.9 Å². The summed E-state index contributed by atoms with van der Waals surface area (Å²) in [6.45, 7) is 2.24. The number of carbonyl (C=O) groups is 1. The Kier molecular flexibility index (Phi) is 7.11. The first kappa shape index (κ1) is 22.0. The molecular formula is C24H26N2O5S. The second-order valence-electron chi connectivity index (χ2n) is 7.89. The van der Waals surface area contributed by atoms with E-state index in [0.717, 1.165) is 41.1 Å². The molecule has 0 unspecified atom stereocenters. The monoisotopic (exact) mass is 454 g/mol. The van der Waals surface area contributed by atoms with Crippen molar-refractivity contribution in [3.8, 4) is 11.6 Å². The first-order chi connectivity index (χ1) is 15.6. The standard InChI is InChI=1S/C24H26N2O5S/c27-22-21(32-23(28)25-22)14-17-6-8-20(9-7-17)30-15-19-10-12-26(13-11-19)24(29)31-16-18-4-2-1-3-5-18/h1-9,19,27H,10-16H2,(H,25,28). The van der Waals surface area contributed by atoms with Gasteiger partial charge in [0.1, 0.15) is 12.4 Å². The molecule has 2 aromatic carbocycles. The van der Waals surface area contributed by atoms with Crippen LogP contribution in [0.25, 0.3) is 0 Å². The molecule has 8 heteroatoms. The van der Waals surface area contributed by atoms with E-state index in [2.05, 4.69) is 4.98 Å². The third kappa shape index (κ3) is 5.91. The van der Waals surface area contributed by atoms with E-state index >= 15 is 0 Å². The minimum absolute atomic E-state index is 0.0596. The average molecular weight is 455 g/mol. The van der Waals surface area contributed by atoms with E-state index in [4.69, 9.17) is 9.47 Å². The Morgan fingerprint density at radius 2 is 1.78 bits per heavy atom. The Labute approximate surface area is 190 Å². The number of carbonyl (C=O) groups excluding carboxylic acids is 1. The van der Waals surface area contributed by atoms with Gasteiger partial charge in [-0.25, -0.2) is 4.79 Å². The molecule has 0 aliphatic carbocycles. The molecule has 0 saturated carbocycles. The zero-order valence-electron chi connectivity index (χ0n) is 17.7. The summed E-state index contributed by atoms with van der Waals surface area (Å²) < 4.78 is 11.4. The predicted octanol–water partition coefficient (Wildman–Crippen LogP) is 4.16. The number of aromatic hydroxyl groups is 1. The van der Waals surface area contributed by atoms with Crippen molar-refractivity contribution in [1.82, 2.24) is 9.88 Å². The van der Waals surface area contributed by atoms with E-state index in [1.807, 2.05) is 54.6 Å². The van der Waals surface area contributed by atoms with Gasteiger partial charge in [-0.2, -0.15) is 0 Å². The van der Waals surface area contributed by atoms with Crippen LogP contribution in [0, 0.1) is 5.92 Å². The SMILES string of the molecule is O=C(OCc1ccccc1)N1CCC(COc2ccc(Cc3sc(=O)[nH]c3O)cc2)CC1. The molecule has 2 heterocycles. The zero-order chi connectivity index (χ0) is 22.3. The largest absolute Gasteiger partial charge is 0.494 e. The highest BCUT2D eigenvalue weighted by molar-refractivity contribution is 7.09. The van der Waals surface area contributed by atoms with Crippen molar-refractivity contribution < 1.29 is 19.4 Å². The minimum atomic E-state index is -0.262. The van der Waals surface area contributed by atoms with Crippen molar-refractivity contribution in [2.24, 2.45) is 5.92 Å². The Morgan fingerprint density at radius 3 is 2.44 bits per heavy atom. The van der Waals surface area contributed by atoms with E-state index < -0.39 is 0 Å². The summed E-state index contributed by atoms with van der Waals surface area (Å²) >= 11 is 1.02. The lowest BCUT2D eigenvalue weighted by Crippen LogP contribution is -2.39. The molecule has 1 amide bonds. The van der Waals surface area contributed by atoms with Crippen LogP contribution in [0.4, 0.5) is 4.79 Å². The number of hydrogen-bond donors (Lipinski definition) is 2. The summed E-state index contributed by atoms with van der Waals surface area (Å²) in [6, 6.07) is 17.3. The number of amides is 1. The van der Waals surface area contributed by atoms with Crippen LogP contribution < -0.4 is 9.61 Å². The van der Waals surface area contributed by atoms with Gasteiger partial charge in [0.05, 0.1) is 11.5 Å². The molecule has 0 bridgehead atoms. The van der Waals surface area contributed by atoms with Gasteiger partial charge in [-0.05, 0) is 42.0 Å². The number of likely N-dealkylation sites (tertiary alicyclic amines) is 1. The quantitative estimate of drug-likeness (QED) is 0.559. The van der Waals surface area contributed by atoms with Gasteiger partial charge >= 0.3 is 11.0 Å². The maximum Gasteiger partial charge on any atom is 0.410 e. The second-order valence-corrected chi connectivity index (χ2v) is 8.96. The van der Waals surface area contributed by atoms with Crippen LogP contribution >= 0.6 is 11.3 Å². The minimum Gasteiger partial charge on any atom is -0.494 e. The summed E-state index contributed by atoms with van der Waals surface area (Å²) in [5.41, 5.74) is 1.97. The summed E-state index contributed by atoms with van der Waals surface area (Å²) in [7, 11) is 0. The Balaban J connectivity index is 1.18. The molecule has 0 radical (unpaired) electrons. The molecule has 2 N–H and O–H groups in total. The van der Waals surface area contributed by atoms with E-state index in [1.54, 1.807) is 4.90 Å². The fourth-order valence-corrected chi connectivity index (χ4v) is 4.43. The van der Waals surface area contributed by atoms with Crippen LogP contribution in [0.2, 0.25) is 0 Å². The maximum absolute atomic E-state index is 12.3. The molecule has 3 aromatic rings. The number of aromatic nitrogens is 1. The number of nitrogens with one attached hydrogen (secondary N) is 1. The second kappa shape index (κ2) is 10.4. The number of benzene rings is 2. The van der Waals surface area contributed by atoms with Gasteiger partial charge in [0.2, 0.25) is 5.88 Å². The number of H-pyrrole nitrogens is 1. The van der Waals surface area contributed by atoms with Gasteiger partial charge in [-0.1, -0.05) is 53.8 Å².